The SMILES string of the molecule is NS(=O)(=O)c1ccc(-n2nc(-c3ccc(Cl)cc3)cc2-c2ccc(Cl)cc2)cc1. The van der Waals surface area contributed by atoms with Gasteiger partial charge in [0, 0.05) is 21.2 Å². The third-order valence-electron chi connectivity index (χ3n) is 4.40. The van der Waals surface area contributed by atoms with Crippen LogP contribution in [0.1, 0.15) is 0 Å². The summed E-state index contributed by atoms with van der Waals surface area (Å²) in [6.07, 6.45) is 0. The minimum atomic E-state index is -3.77. The van der Waals surface area contributed by atoms with E-state index >= 15 is 0 Å². The predicted molar refractivity (Wildman–Crippen MR) is 116 cm³/mol. The number of halogens is 2. The molecule has 0 amide bonds. The molecule has 3 aromatic carbocycles. The maximum atomic E-state index is 11.5. The third-order valence-corrected chi connectivity index (χ3v) is 5.83. The Kier molecular flexibility index (Phi) is 5.19. The van der Waals surface area contributed by atoms with Crippen molar-refractivity contribution in [3.8, 4) is 28.2 Å². The topological polar surface area (TPSA) is 78.0 Å². The van der Waals surface area contributed by atoms with E-state index in [2.05, 4.69) is 0 Å². The van der Waals surface area contributed by atoms with E-state index in [1.54, 1.807) is 41.1 Å². The summed E-state index contributed by atoms with van der Waals surface area (Å²) in [7, 11) is -3.77. The summed E-state index contributed by atoms with van der Waals surface area (Å²) in [6.45, 7) is 0. The minimum absolute atomic E-state index is 0.0411. The number of primary sulfonamides is 1. The number of nitrogens with two attached hydrogens (primary N) is 1. The summed E-state index contributed by atoms with van der Waals surface area (Å²) in [5.74, 6) is 0. The summed E-state index contributed by atoms with van der Waals surface area (Å²) < 4.78 is 24.8. The van der Waals surface area contributed by atoms with Crippen LogP contribution in [0.3, 0.4) is 0 Å². The van der Waals surface area contributed by atoms with Crippen LogP contribution in [0.5, 0.6) is 0 Å². The van der Waals surface area contributed by atoms with Crippen molar-refractivity contribution in [3.05, 3.63) is 88.9 Å². The van der Waals surface area contributed by atoms with Crippen LogP contribution in [0.4, 0.5) is 0 Å². The third kappa shape index (κ3) is 4.21. The predicted octanol–water partition coefficient (Wildman–Crippen LogP) is 5.16. The van der Waals surface area contributed by atoms with Gasteiger partial charge in [-0.15, -0.1) is 0 Å². The molecule has 0 atom stereocenters. The Morgan fingerprint density at radius 2 is 1.28 bits per heavy atom. The summed E-state index contributed by atoms with van der Waals surface area (Å²) in [5.41, 5.74) is 4.10. The highest BCUT2D eigenvalue weighted by atomic mass is 35.5. The zero-order chi connectivity index (χ0) is 20.6. The second kappa shape index (κ2) is 7.65. The van der Waals surface area contributed by atoms with Crippen molar-refractivity contribution < 1.29 is 8.42 Å². The lowest BCUT2D eigenvalue weighted by Gasteiger charge is -2.08. The number of rotatable bonds is 4. The van der Waals surface area contributed by atoms with E-state index in [0.29, 0.717) is 15.7 Å². The molecule has 5 nitrogen and oxygen atoms in total. The molecule has 0 bridgehead atoms. The monoisotopic (exact) mass is 443 g/mol. The lowest BCUT2D eigenvalue weighted by atomic mass is 10.1. The Hall–Kier alpha value is -2.64. The number of nitrogens with zero attached hydrogens (tertiary/aromatic N) is 2. The van der Waals surface area contributed by atoms with Crippen molar-refractivity contribution in [2.75, 3.05) is 0 Å². The molecule has 4 aromatic rings. The van der Waals surface area contributed by atoms with E-state index in [-0.39, 0.29) is 4.90 Å². The molecule has 0 radical (unpaired) electrons. The second-order valence-electron chi connectivity index (χ2n) is 6.38. The molecule has 0 spiro atoms. The van der Waals surface area contributed by atoms with Crippen molar-refractivity contribution in [1.29, 1.82) is 0 Å². The maximum absolute atomic E-state index is 11.5. The van der Waals surface area contributed by atoms with Crippen LogP contribution in [-0.4, -0.2) is 18.2 Å². The van der Waals surface area contributed by atoms with Crippen LogP contribution >= 0.6 is 23.2 Å². The molecular weight excluding hydrogens is 429 g/mol. The zero-order valence-electron chi connectivity index (χ0n) is 15.0. The molecule has 0 saturated heterocycles. The fourth-order valence-corrected chi connectivity index (χ4v) is 3.71. The van der Waals surface area contributed by atoms with E-state index in [4.69, 9.17) is 33.4 Å². The van der Waals surface area contributed by atoms with Gasteiger partial charge in [-0.3, -0.25) is 0 Å². The van der Waals surface area contributed by atoms with Crippen LogP contribution in [-0.2, 0) is 10.0 Å². The van der Waals surface area contributed by atoms with Gasteiger partial charge in [-0.05, 0) is 54.6 Å². The van der Waals surface area contributed by atoms with Gasteiger partial charge in [0.1, 0.15) is 0 Å². The van der Waals surface area contributed by atoms with Gasteiger partial charge < -0.3 is 0 Å². The molecule has 146 valence electrons. The molecule has 29 heavy (non-hydrogen) atoms. The summed E-state index contributed by atoms with van der Waals surface area (Å²) in [4.78, 5) is 0.0411. The van der Waals surface area contributed by atoms with E-state index in [9.17, 15) is 8.42 Å². The number of aromatic nitrogens is 2. The van der Waals surface area contributed by atoms with Crippen molar-refractivity contribution in [3.63, 3.8) is 0 Å². The average molecular weight is 444 g/mol. The van der Waals surface area contributed by atoms with Gasteiger partial charge in [-0.1, -0.05) is 47.5 Å². The highest BCUT2D eigenvalue weighted by Crippen LogP contribution is 2.30. The van der Waals surface area contributed by atoms with Crippen molar-refractivity contribution >= 4 is 33.2 Å². The Morgan fingerprint density at radius 1 is 0.759 bits per heavy atom. The van der Waals surface area contributed by atoms with E-state index in [0.717, 1.165) is 22.5 Å². The molecule has 0 aliphatic carbocycles. The molecule has 0 saturated carbocycles. The molecule has 1 aromatic heterocycles. The number of hydrogen-bond acceptors (Lipinski definition) is 3. The zero-order valence-corrected chi connectivity index (χ0v) is 17.3. The molecule has 8 heteroatoms. The van der Waals surface area contributed by atoms with Crippen LogP contribution in [0.2, 0.25) is 10.0 Å². The molecule has 2 N–H and O–H groups in total. The average Bonchev–Trinajstić information content (AvgIpc) is 3.14. The van der Waals surface area contributed by atoms with Crippen LogP contribution in [0.15, 0.2) is 83.8 Å². The van der Waals surface area contributed by atoms with Gasteiger partial charge in [0.25, 0.3) is 0 Å². The van der Waals surface area contributed by atoms with Crippen LogP contribution < -0.4 is 5.14 Å². The molecule has 4 rings (SSSR count). The first kappa shape index (κ1) is 19.7. The number of hydrogen-bond donors (Lipinski definition) is 1. The summed E-state index contributed by atoms with van der Waals surface area (Å²) in [5, 5.41) is 11.2. The lowest BCUT2D eigenvalue weighted by molar-refractivity contribution is 0.598. The van der Waals surface area contributed by atoms with Crippen molar-refractivity contribution in [2.45, 2.75) is 4.90 Å². The Bertz CT molecular complexity index is 1270. The molecule has 0 aliphatic heterocycles. The highest BCUT2D eigenvalue weighted by molar-refractivity contribution is 7.89. The first-order chi connectivity index (χ1) is 13.8. The summed E-state index contributed by atoms with van der Waals surface area (Å²) >= 11 is 12.0. The summed E-state index contributed by atoms with van der Waals surface area (Å²) in [6, 6.07) is 23.0. The van der Waals surface area contributed by atoms with Crippen molar-refractivity contribution in [1.82, 2.24) is 9.78 Å². The number of sulfonamides is 1. The van der Waals surface area contributed by atoms with Gasteiger partial charge in [0.15, 0.2) is 0 Å². The Labute approximate surface area is 178 Å². The standard InChI is InChI=1S/C21H15Cl2N3O2S/c22-16-5-1-14(2-6-16)20-13-21(15-3-7-17(23)8-4-15)26(25-20)18-9-11-19(12-10-18)29(24,27)28/h1-13H,(H2,24,27,28). The lowest BCUT2D eigenvalue weighted by Crippen LogP contribution is -2.12. The molecule has 1 heterocycles. The highest BCUT2D eigenvalue weighted by Gasteiger charge is 2.14. The minimum Gasteiger partial charge on any atom is -0.232 e. The van der Waals surface area contributed by atoms with Gasteiger partial charge >= 0.3 is 0 Å². The molecule has 0 unspecified atom stereocenters. The molecular formula is C21H15Cl2N3O2S. The van der Waals surface area contributed by atoms with Gasteiger partial charge in [-0.25, -0.2) is 18.2 Å². The van der Waals surface area contributed by atoms with Gasteiger partial charge in [0.05, 0.1) is 22.0 Å². The smallest absolute Gasteiger partial charge is 0.232 e. The van der Waals surface area contributed by atoms with Gasteiger partial charge in [-0.2, -0.15) is 5.10 Å². The second-order valence-corrected chi connectivity index (χ2v) is 8.81. The van der Waals surface area contributed by atoms with Crippen LogP contribution in [0.25, 0.3) is 28.2 Å². The van der Waals surface area contributed by atoms with E-state index in [1.807, 2.05) is 30.3 Å². The van der Waals surface area contributed by atoms with Crippen molar-refractivity contribution in [2.24, 2.45) is 5.14 Å². The van der Waals surface area contributed by atoms with E-state index < -0.39 is 10.0 Å². The normalized spacial score (nSPS) is 11.6. The molecule has 0 fully saturated rings. The van der Waals surface area contributed by atoms with Crippen LogP contribution in [0, 0.1) is 0 Å². The van der Waals surface area contributed by atoms with Gasteiger partial charge in [0.2, 0.25) is 10.0 Å². The quantitative estimate of drug-likeness (QED) is 0.472. The first-order valence-electron chi connectivity index (χ1n) is 8.56. The maximum Gasteiger partial charge on any atom is 0.238 e. The number of benzene rings is 3. The largest absolute Gasteiger partial charge is 0.238 e. The fraction of sp³-hybridized carbons (Fsp3) is 0. The Balaban J connectivity index is 1.86. The fourth-order valence-electron chi connectivity index (χ4n) is 2.94. The first-order valence-corrected chi connectivity index (χ1v) is 10.9. The Morgan fingerprint density at radius 3 is 1.79 bits per heavy atom. The van der Waals surface area contributed by atoms with E-state index in [1.165, 1.54) is 12.1 Å². The molecule has 0 aliphatic rings.